The molecule has 116 valence electrons. The average molecular weight is 290 g/mol. The third kappa shape index (κ3) is 4.19. The zero-order valence-electron chi connectivity index (χ0n) is 13.1. The molecule has 0 bridgehead atoms. The van der Waals surface area contributed by atoms with E-state index in [0.29, 0.717) is 12.1 Å². The summed E-state index contributed by atoms with van der Waals surface area (Å²) >= 11 is 0. The molecule has 1 aromatic carbocycles. The number of benzene rings is 1. The number of hydrazine groups is 1. The lowest BCUT2D eigenvalue weighted by molar-refractivity contribution is 0.0625. The van der Waals surface area contributed by atoms with E-state index >= 15 is 0 Å². The maximum absolute atomic E-state index is 12.2. The van der Waals surface area contributed by atoms with Gasteiger partial charge in [0.2, 0.25) is 0 Å². The van der Waals surface area contributed by atoms with Gasteiger partial charge in [0.25, 0.3) is 0 Å². The van der Waals surface area contributed by atoms with Crippen LogP contribution in [0.1, 0.15) is 51.6 Å². The van der Waals surface area contributed by atoms with Crippen molar-refractivity contribution >= 4 is 11.7 Å². The minimum absolute atomic E-state index is 0.0445. The molecule has 0 saturated carbocycles. The number of carbonyl (C=O) groups excluding carboxylic acids is 1. The molecule has 3 unspecified atom stereocenters. The summed E-state index contributed by atoms with van der Waals surface area (Å²) < 4.78 is 0. The third-order valence-corrected chi connectivity index (χ3v) is 4.09. The molecule has 2 rings (SSSR count). The summed E-state index contributed by atoms with van der Waals surface area (Å²) in [6.07, 6.45) is 3.45. The number of hydrogen-bond acceptors (Lipinski definition) is 3. The summed E-state index contributed by atoms with van der Waals surface area (Å²) in [5.41, 5.74) is 10.6. The molecule has 0 radical (unpaired) electrons. The second-order valence-electron chi connectivity index (χ2n) is 6.02. The normalized spacial score (nSPS) is 24.4. The maximum atomic E-state index is 12.2. The van der Waals surface area contributed by atoms with Crippen molar-refractivity contribution in [2.24, 2.45) is 5.73 Å². The van der Waals surface area contributed by atoms with Crippen molar-refractivity contribution < 1.29 is 4.79 Å². The van der Waals surface area contributed by atoms with Gasteiger partial charge in [-0.05, 0) is 51.3 Å². The Labute approximate surface area is 126 Å². The standard InChI is InChI=1S/C16H26N4O/c1-11-6-4-7-12(2)20(11)19-16(21)18-15-9-5-8-14(10-15)13(3)17/h5,8-13H,4,6-7,17H2,1-3H3,(H2,18,19,21). The fraction of sp³-hybridized carbons (Fsp3) is 0.562. The van der Waals surface area contributed by atoms with Crippen LogP contribution in [-0.4, -0.2) is 23.1 Å². The Morgan fingerprint density at radius 3 is 2.62 bits per heavy atom. The van der Waals surface area contributed by atoms with Crippen LogP contribution in [0.2, 0.25) is 0 Å². The van der Waals surface area contributed by atoms with Crippen LogP contribution < -0.4 is 16.5 Å². The van der Waals surface area contributed by atoms with Crippen LogP contribution in [0.3, 0.4) is 0 Å². The van der Waals surface area contributed by atoms with E-state index < -0.39 is 0 Å². The minimum atomic E-state index is -0.197. The van der Waals surface area contributed by atoms with Gasteiger partial charge in [-0.15, -0.1) is 0 Å². The van der Waals surface area contributed by atoms with Gasteiger partial charge in [-0.1, -0.05) is 18.6 Å². The lowest BCUT2D eigenvalue weighted by Gasteiger charge is -2.38. The molecule has 2 amide bonds. The summed E-state index contributed by atoms with van der Waals surface area (Å²) in [6, 6.07) is 8.14. The number of nitrogens with two attached hydrogens (primary N) is 1. The van der Waals surface area contributed by atoms with Crippen molar-refractivity contribution in [1.29, 1.82) is 0 Å². The number of carbonyl (C=O) groups is 1. The van der Waals surface area contributed by atoms with Crippen LogP contribution in [0.4, 0.5) is 10.5 Å². The van der Waals surface area contributed by atoms with Gasteiger partial charge in [-0.3, -0.25) is 5.43 Å². The van der Waals surface area contributed by atoms with Crippen molar-refractivity contribution in [1.82, 2.24) is 10.4 Å². The first-order valence-corrected chi connectivity index (χ1v) is 7.69. The van der Waals surface area contributed by atoms with E-state index in [-0.39, 0.29) is 12.1 Å². The molecular formula is C16H26N4O. The highest BCUT2D eigenvalue weighted by atomic mass is 16.2. The Balaban J connectivity index is 1.96. The predicted octanol–water partition coefficient (Wildman–Crippen LogP) is 3.01. The van der Waals surface area contributed by atoms with E-state index in [1.165, 1.54) is 6.42 Å². The number of urea groups is 1. The maximum Gasteiger partial charge on any atom is 0.333 e. The lowest BCUT2D eigenvalue weighted by Crippen LogP contribution is -2.55. The Bertz CT molecular complexity index is 479. The van der Waals surface area contributed by atoms with Crippen LogP contribution in [0, 0.1) is 0 Å². The first kappa shape index (κ1) is 15.8. The molecule has 5 heteroatoms. The predicted molar refractivity (Wildman–Crippen MR) is 85.8 cm³/mol. The zero-order chi connectivity index (χ0) is 15.4. The van der Waals surface area contributed by atoms with Crippen LogP contribution in [0.15, 0.2) is 24.3 Å². The first-order chi connectivity index (χ1) is 9.97. The van der Waals surface area contributed by atoms with E-state index in [9.17, 15) is 4.79 Å². The van der Waals surface area contributed by atoms with Gasteiger partial charge in [-0.25, -0.2) is 9.80 Å². The van der Waals surface area contributed by atoms with Gasteiger partial charge in [0, 0.05) is 23.8 Å². The third-order valence-electron chi connectivity index (χ3n) is 4.09. The molecule has 1 heterocycles. The molecule has 1 aliphatic heterocycles. The molecule has 1 saturated heterocycles. The Morgan fingerprint density at radius 1 is 1.33 bits per heavy atom. The van der Waals surface area contributed by atoms with E-state index in [0.717, 1.165) is 24.1 Å². The smallest absolute Gasteiger partial charge is 0.324 e. The van der Waals surface area contributed by atoms with Crippen LogP contribution in [0.25, 0.3) is 0 Å². The number of amides is 2. The molecule has 1 aromatic rings. The van der Waals surface area contributed by atoms with E-state index in [2.05, 4.69) is 24.6 Å². The summed E-state index contributed by atoms with van der Waals surface area (Å²) in [4.78, 5) is 12.2. The SMILES string of the molecule is CC(N)c1cccc(NC(=O)NN2C(C)CCCC2C)c1. The summed E-state index contributed by atoms with van der Waals surface area (Å²) in [5.74, 6) is 0. The van der Waals surface area contributed by atoms with Gasteiger partial charge in [0.15, 0.2) is 0 Å². The fourth-order valence-corrected chi connectivity index (χ4v) is 2.82. The highest BCUT2D eigenvalue weighted by Gasteiger charge is 2.26. The largest absolute Gasteiger partial charge is 0.333 e. The van der Waals surface area contributed by atoms with Gasteiger partial charge in [-0.2, -0.15) is 0 Å². The minimum Gasteiger partial charge on any atom is -0.324 e. The number of hydrogen-bond donors (Lipinski definition) is 3. The summed E-state index contributed by atoms with van der Waals surface area (Å²) in [7, 11) is 0. The quantitative estimate of drug-likeness (QED) is 0.801. The highest BCUT2D eigenvalue weighted by molar-refractivity contribution is 5.89. The molecular weight excluding hydrogens is 264 g/mol. The average Bonchev–Trinajstić information content (AvgIpc) is 2.43. The molecule has 0 spiro atoms. The Morgan fingerprint density at radius 2 is 2.00 bits per heavy atom. The molecule has 5 nitrogen and oxygen atoms in total. The number of nitrogens with zero attached hydrogens (tertiary/aromatic N) is 1. The van der Waals surface area contributed by atoms with Crippen molar-refractivity contribution in [2.75, 3.05) is 5.32 Å². The van der Waals surface area contributed by atoms with Crippen LogP contribution >= 0.6 is 0 Å². The number of anilines is 1. The second kappa shape index (κ2) is 6.91. The van der Waals surface area contributed by atoms with Gasteiger partial charge < -0.3 is 11.1 Å². The summed E-state index contributed by atoms with van der Waals surface area (Å²) in [5, 5.41) is 4.93. The number of piperidine rings is 1. The molecule has 1 aliphatic rings. The van der Waals surface area contributed by atoms with Crippen molar-refractivity contribution in [3.8, 4) is 0 Å². The molecule has 0 aliphatic carbocycles. The van der Waals surface area contributed by atoms with Crippen molar-refractivity contribution in [3.05, 3.63) is 29.8 Å². The molecule has 4 N–H and O–H groups in total. The molecule has 1 fully saturated rings. The van der Waals surface area contributed by atoms with Crippen LogP contribution in [-0.2, 0) is 0 Å². The Hall–Kier alpha value is -1.59. The number of nitrogens with one attached hydrogen (secondary N) is 2. The van der Waals surface area contributed by atoms with E-state index in [4.69, 9.17) is 5.73 Å². The molecule has 0 aromatic heterocycles. The fourth-order valence-electron chi connectivity index (χ4n) is 2.82. The summed E-state index contributed by atoms with van der Waals surface area (Å²) in [6.45, 7) is 6.22. The van der Waals surface area contributed by atoms with Gasteiger partial charge in [0.1, 0.15) is 0 Å². The molecule has 21 heavy (non-hydrogen) atoms. The zero-order valence-corrected chi connectivity index (χ0v) is 13.1. The van der Waals surface area contributed by atoms with Gasteiger partial charge in [0.05, 0.1) is 0 Å². The second-order valence-corrected chi connectivity index (χ2v) is 6.02. The van der Waals surface area contributed by atoms with E-state index in [1.54, 1.807) is 0 Å². The Kier molecular flexibility index (Phi) is 5.20. The van der Waals surface area contributed by atoms with Crippen LogP contribution in [0.5, 0.6) is 0 Å². The molecule has 3 atom stereocenters. The highest BCUT2D eigenvalue weighted by Crippen LogP contribution is 2.20. The van der Waals surface area contributed by atoms with E-state index in [1.807, 2.05) is 36.2 Å². The van der Waals surface area contributed by atoms with Gasteiger partial charge >= 0.3 is 6.03 Å². The lowest BCUT2D eigenvalue weighted by atomic mass is 10.00. The van der Waals surface area contributed by atoms with Crippen molar-refractivity contribution in [2.45, 2.75) is 58.2 Å². The first-order valence-electron chi connectivity index (χ1n) is 7.69. The van der Waals surface area contributed by atoms with Crippen molar-refractivity contribution in [3.63, 3.8) is 0 Å². The monoisotopic (exact) mass is 290 g/mol. The topological polar surface area (TPSA) is 70.4 Å². The number of rotatable bonds is 3.